The quantitative estimate of drug-likeness (QED) is 0.687. The van der Waals surface area contributed by atoms with Crippen LogP contribution in [0.3, 0.4) is 0 Å². The molecule has 2 heterocycles. The molecular weight excluding hydrogens is 352 g/mol. The van der Waals surface area contributed by atoms with Crippen LogP contribution in [0.2, 0.25) is 0 Å². The van der Waals surface area contributed by atoms with Crippen LogP contribution in [0.1, 0.15) is 23.6 Å². The van der Waals surface area contributed by atoms with Crippen LogP contribution in [0.25, 0.3) is 0 Å². The van der Waals surface area contributed by atoms with Crippen molar-refractivity contribution in [2.45, 2.75) is 19.9 Å². The van der Waals surface area contributed by atoms with Crippen molar-refractivity contribution in [2.75, 3.05) is 23.8 Å². The van der Waals surface area contributed by atoms with Crippen LogP contribution in [0, 0.1) is 11.3 Å². The van der Waals surface area contributed by atoms with E-state index in [2.05, 4.69) is 28.4 Å². The fourth-order valence-corrected chi connectivity index (χ4v) is 2.67. The summed E-state index contributed by atoms with van der Waals surface area (Å²) in [5, 5.41) is 16.0. The fourth-order valence-electron chi connectivity index (χ4n) is 2.67. The van der Waals surface area contributed by atoms with E-state index in [1.165, 1.54) is 0 Å². The number of hydrogen-bond donors (Lipinski definition) is 1. The van der Waals surface area contributed by atoms with E-state index in [4.69, 9.17) is 5.26 Å². The van der Waals surface area contributed by atoms with Gasteiger partial charge in [-0.25, -0.2) is 4.98 Å². The van der Waals surface area contributed by atoms with Gasteiger partial charge in [0.15, 0.2) is 5.82 Å². The number of pyridine rings is 1. The number of carbonyl (C=O) groups is 1. The Kier molecular flexibility index (Phi) is 6.02. The van der Waals surface area contributed by atoms with Crippen LogP contribution < -0.4 is 10.2 Å². The first kappa shape index (κ1) is 19.1. The number of nitriles is 1. The van der Waals surface area contributed by atoms with Crippen molar-refractivity contribution in [3.05, 3.63) is 71.5 Å². The summed E-state index contributed by atoms with van der Waals surface area (Å²) < 4.78 is 1.74. The van der Waals surface area contributed by atoms with Gasteiger partial charge >= 0.3 is 0 Å². The Labute approximate surface area is 164 Å². The molecule has 7 heteroatoms. The summed E-state index contributed by atoms with van der Waals surface area (Å²) in [6.07, 6.45) is 3.78. The van der Waals surface area contributed by atoms with Gasteiger partial charge in [0.05, 0.1) is 24.6 Å². The summed E-state index contributed by atoms with van der Waals surface area (Å²) in [5.74, 6) is 1.25. The molecule has 0 saturated carbocycles. The van der Waals surface area contributed by atoms with Gasteiger partial charge < -0.3 is 10.2 Å². The molecule has 0 aliphatic heterocycles. The Morgan fingerprint density at radius 1 is 1.18 bits per heavy atom. The second kappa shape index (κ2) is 8.82. The monoisotopic (exact) mass is 374 g/mol. The molecule has 0 fully saturated rings. The minimum absolute atomic E-state index is 0.137. The number of nitrogens with one attached hydrogen (secondary N) is 1. The number of nitrogens with zero attached hydrogens (tertiary/aromatic N) is 5. The van der Waals surface area contributed by atoms with Crippen molar-refractivity contribution in [1.82, 2.24) is 14.8 Å². The maximum absolute atomic E-state index is 12.3. The van der Waals surface area contributed by atoms with Gasteiger partial charge in [0.25, 0.3) is 0 Å². The maximum atomic E-state index is 12.3. The molecule has 1 aromatic carbocycles. The summed E-state index contributed by atoms with van der Waals surface area (Å²) in [6.45, 7) is 3.50. The molecule has 2 aromatic heterocycles. The first-order valence-corrected chi connectivity index (χ1v) is 9.06. The van der Waals surface area contributed by atoms with Crippen molar-refractivity contribution in [1.29, 1.82) is 5.26 Å². The van der Waals surface area contributed by atoms with Gasteiger partial charge in [-0.3, -0.25) is 9.48 Å². The summed E-state index contributed by atoms with van der Waals surface area (Å²) in [7, 11) is 1.98. The average molecular weight is 374 g/mol. The van der Waals surface area contributed by atoms with Gasteiger partial charge in [-0.1, -0.05) is 18.2 Å². The van der Waals surface area contributed by atoms with E-state index in [1.807, 2.05) is 42.4 Å². The van der Waals surface area contributed by atoms with E-state index in [0.29, 0.717) is 17.9 Å². The van der Waals surface area contributed by atoms with E-state index in [9.17, 15) is 4.79 Å². The molecule has 28 heavy (non-hydrogen) atoms. The summed E-state index contributed by atoms with van der Waals surface area (Å²) in [4.78, 5) is 18.7. The predicted octanol–water partition coefficient (Wildman–Crippen LogP) is 2.84. The highest BCUT2D eigenvalue weighted by molar-refractivity contribution is 5.91. The van der Waals surface area contributed by atoms with Gasteiger partial charge in [0.1, 0.15) is 5.82 Å². The minimum Gasteiger partial charge on any atom is -0.360 e. The van der Waals surface area contributed by atoms with Crippen molar-refractivity contribution in [3.63, 3.8) is 0 Å². The molecule has 1 N–H and O–H groups in total. The van der Waals surface area contributed by atoms with Crippen LogP contribution in [0.15, 0.2) is 54.9 Å². The first-order valence-electron chi connectivity index (χ1n) is 9.06. The topological polar surface area (TPSA) is 86.8 Å². The minimum atomic E-state index is -0.137. The molecule has 0 aliphatic rings. The normalized spacial score (nSPS) is 10.3. The molecule has 0 spiro atoms. The SMILES string of the molecule is CCN(C)c1ccc(CC(=O)Nc2ccn(Cc3ccc(C#N)cc3)n2)cn1. The molecule has 0 aliphatic carbocycles. The zero-order valence-corrected chi connectivity index (χ0v) is 16.0. The fraction of sp³-hybridized carbons (Fsp3) is 0.238. The van der Waals surface area contributed by atoms with Gasteiger partial charge in [0.2, 0.25) is 5.91 Å². The molecule has 142 valence electrons. The van der Waals surface area contributed by atoms with Crippen LogP contribution in [0.5, 0.6) is 0 Å². The lowest BCUT2D eigenvalue weighted by molar-refractivity contribution is -0.115. The Hall–Kier alpha value is -3.66. The van der Waals surface area contributed by atoms with Crippen molar-refractivity contribution >= 4 is 17.5 Å². The smallest absolute Gasteiger partial charge is 0.230 e. The number of aromatic nitrogens is 3. The third kappa shape index (κ3) is 4.95. The molecule has 0 bridgehead atoms. The average Bonchev–Trinajstić information content (AvgIpc) is 3.15. The van der Waals surface area contributed by atoms with E-state index in [-0.39, 0.29) is 12.3 Å². The number of hydrogen-bond acceptors (Lipinski definition) is 5. The van der Waals surface area contributed by atoms with Gasteiger partial charge in [-0.2, -0.15) is 10.4 Å². The second-order valence-corrected chi connectivity index (χ2v) is 6.47. The Morgan fingerprint density at radius 3 is 2.57 bits per heavy atom. The lowest BCUT2D eigenvalue weighted by Gasteiger charge is -2.15. The third-order valence-corrected chi connectivity index (χ3v) is 4.38. The highest BCUT2D eigenvalue weighted by Crippen LogP contribution is 2.11. The number of rotatable bonds is 7. The van der Waals surface area contributed by atoms with E-state index in [0.717, 1.165) is 23.5 Å². The van der Waals surface area contributed by atoms with Crippen molar-refractivity contribution < 1.29 is 4.79 Å². The largest absolute Gasteiger partial charge is 0.360 e. The Balaban J connectivity index is 1.55. The van der Waals surface area contributed by atoms with Crippen LogP contribution in [-0.2, 0) is 17.8 Å². The molecule has 3 aromatic rings. The molecule has 3 rings (SSSR count). The summed E-state index contributed by atoms with van der Waals surface area (Å²) in [5.41, 5.74) is 2.51. The predicted molar refractivity (Wildman–Crippen MR) is 108 cm³/mol. The van der Waals surface area contributed by atoms with E-state index < -0.39 is 0 Å². The zero-order valence-electron chi connectivity index (χ0n) is 16.0. The molecule has 0 atom stereocenters. The molecule has 7 nitrogen and oxygen atoms in total. The number of benzene rings is 1. The Bertz CT molecular complexity index is 969. The second-order valence-electron chi connectivity index (χ2n) is 6.47. The van der Waals surface area contributed by atoms with E-state index >= 15 is 0 Å². The van der Waals surface area contributed by atoms with E-state index in [1.54, 1.807) is 29.1 Å². The highest BCUT2D eigenvalue weighted by Gasteiger charge is 2.08. The molecular formula is C21H22N6O. The third-order valence-electron chi connectivity index (χ3n) is 4.38. The molecule has 1 amide bonds. The Morgan fingerprint density at radius 2 is 1.93 bits per heavy atom. The summed E-state index contributed by atoms with van der Waals surface area (Å²) in [6, 6.07) is 15.0. The van der Waals surface area contributed by atoms with Crippen LogP contribution in [-0.4, -0.2) is 34.3 Å². The van der Waals surface area contributed by atoms with Crippen molar-refractivity contribution in [2.24, 2.45) is 0 Å². The van der Waals surface area contributed by atoms with Crippen LogP contribution >= 0.6 is 0 Å². The molecule has 0 radical (unpaired) electrons. The zero-order chi connectivity index (χ0) is 19.9. The van der Waals surface area contributed by atoms with Gasteiger partial charge in [-0.15, -0.1) is 0 Å². The van der Waals surface area contributed by atoms with Crippen LogP contribution in [0.4, 0.5) is 11.6 Å². The van der Waals surface area contributed by atoms with Gasteiger partial charge in [0, 0.05) is 32.1 Å². The highest BCUT2D eigenvalue weighted by atomic mass is 16.1. The first-order chi connectivity index (χ1) is 13.6. The number of amides is 1. The lowest BCUT2D eigenvalue weighted by Crippen LogP contribution is -2.18. The van der Waals surface area contributed by atoms with Crippen molar-refractivity contribution in [3.8, 4) is 6.07 Å². The lowest BCUT2D eigenvalue weighted by atomic mass is 10.1. The summed E-state index contributed by atoms with van der Waals surface area (Å²) >= 11 is 0. The molecule has 0 saturated heterocycles. The molecule has 0 unspecified atom stereocenters. The van der Waals surface area contributed by atoms with Gasteiger partial charge in [-0.05, 0) is 36.2 Å². The standard InChI is InChI=1S/C21H22N6O/c1-3-26(2)20-9-8-18(14-23-20)12-21(28)24-19-10-11-27(25-19)15-17-6-4-16(13-22)5-7-17/h4-11,14H,3,12,15H2,1-2H3,(H,24,25,28). The maximum Gasteiger partial charge on any atom is 0.230 e. The number of carbonyl (C=O) groups excluding carboxylic acids is 1. The number of anilines is 2.